The predicted molar refractivity (Wildman–Crippen MR) is 68.9 cm³/mol. The molecule has 0 unspecified atom stereocenters. The summed E-state index contributed by atoms with van der Waals surface area (Å²) in [6, 6.07) is 4.80. The Kier molecular flexibility index (Phi) is 4.02. The van der Waals surface area contributed by atoms with Crippen LogP contribution >= 0.6 is 0 Å². The molecule has 0 saturated heterocycles. The van der Waals surface area contributed by atoms with E-state index < -0.39 is 17.7 Å². The van der Waals surface area contributed by atoms with Crippen LogP contribution in [0.1, 0.15) is 15.9 Å². The number of carbonyl (C=O) groups is 2. The summed E-state index contributed by atoms with van der Waals surface area (Å²) in [6.45, 7) is 3.67. The number of benzene rings is 1. The quantitative estimate of drug-likeness (QED) is 0.610. The van der Waals surface area contributed by atoms with Gasteiger partial charge in [-0.25, -0.2) is 9.18 Å². The Hall–Kier alpha value is -2.37. The Morgan fingerprint density at radius 1 is 1.45 bits per heavy atom. The molecule has 0 saturated carbocycles. The van der Waals surface area contributed by atoms with Crippen molar-refractivity contribution in [3.8, 4) is 5.75 Å². The van der Waals surface area contributed by atoms with Gasteiger partial charge >= 0.3 is 5.97 Å². The van der Waals surface area contributed by atoms with Gasteiger partial charge in [-0.15, -0.1) is 0 Å². The number of rotatable bonds is 2. The molecular formula is C14H14FNO4. The van der Waals surface area contributed by atoms with Crippen LogP contribution in [0.25, 0.3) is 0 Å². The van der Waals surface area contributed by atoms with Gasteiger partial charge in [-0.3, -0.25) is 4.79 Å². The van der Waals surface area contributed by atoms with Gasteiger partial charge in [0.05, 0.1) is 19.2 Å². The fraction of sp³-hybridized carbons (Fsp3) is 0.286. The summed E-state index contributed by atoms with van der Waals surface area (Å²) in [4.78, 5) is 24.4. The third-order valence-corrected chi connectivity index (χ3v) is 2.98. The first kappa shape index (κ1) is 14.0. The number of halogens is 1. The van der Waals surface area contributed by atoms with E-state index >= 15 is 0 Å². The number of hydrogen-bond donors (Lipinski definition) is 0. The normalized spacial score (nSPS) is 13.8. The van der Waals surface area contributed by atoms with E-state index in [9.17, 15) is 14.0 Å². The largest absolute Gasteiger partial charge is 0.491 e. The number of hydrogen-bond acceptors (Lipinski definition) is 4. The highest BCUT2D eigenvalue weighted by Gasteiger charge is 2.22. The average Bonchev–Trinajstić information content (AvgIpc) is 2.66. The molecule has 0 bridgehead atoms. The molecule has 20 heavy (non-hydrogen) atoms. The number of ether oxygens (including phenoxy) is 2. The Balaban J connectivity index is 2.30. The predicted octanol–water partition coefficient (Wildman–Crippen LogP) is 1.68. The van der Waals surface area contributed by atoms with E-state index in [-0.39, 0.29) is 19.7 Å². The molecule has 106 valence electrons. The first-order chi connectivity index (χ1) is 9.52. The van der Waals surface area contributed by atoms with Crippen molar-refractivity contribution in [2.75, 3.05) is 20.3 Å². The fourth-order valence-electron chi connectivity index (χ4n) is 1.98. The SMILES string of the molecule is C=C(F)C(=O)N1CCOc2ccc(C(=O)OC)cc2C1. The van der Waals surface area contributed by atoms with Crippen molar-refractivity contribution in [2.45, 2.75) is 6.54 Å². The zero-order chi connectivity index (χ0) is 14.7. The first-order valence-electron chi connectivity index (χ1n) is 6.00. The molecule has 1 amide bonds. The minimum atomic E-state index is -1.02. The fourth-order valence-corrected chi connectivity index (χ4v) is 1.98. The van der Waals surface area contributed by atoms with E-state index in [2.05, 4.69) is 11.3 Å². The Morgan fingerprint density at radius 2 is 2.20 bits per heavy atom. The van der Waals surface area contributed by atoms with E-state index in [0.29, 0.717) is 16.9 Å². The lowest BCUT2D eigenvalue weighted by Crippen LogP contribution is -2.32. The molecule has 5 nitrogen and oxygen atoms in total. The van der Waals surface area contributed by atoms with Crippen molar-refractivity contribution in [3.63, 3.8) is 0 Å². The van der Waals surface area contributed by atoms with Gasteiger partial charge in [0.25, 0.3) is 5.91 Å². The smallest absolute Gasteiger partial charge is 0.337 e. The lowest BCUT2D eigenvalue weighted by atomic mass is 10.1. The minimum Gasteiger partial charge on any atom is -0.491 e. The highest BCUT2D eigenvalue weighted by molar-refractivity contribution is 5.91. The van der Waals surface area contributed by atoms with Crippen molar-refractivity contribution >= 4 is 11.9 Å². The molecular weight excluding hydrogens is 265 g/mol. The molecule has 0 N–H and O–H groups in total. The number of esters is 1. The molecule has 0 aliphatic carbocycles. The van der Waals surface area contributed by atoms with Gasteiger partial charge in [-0.05, 0) is 18.2 Å². The summed E-state index contributed by atoms with van der Waals surface area (Å²) >= 11 is 0. The van der Waals surface area contributed by atoms with Gasteiger partial charge in [0.1, 0.15) is 12.4 Å². The molecule has 6 heteroatoms. The number of fused-ring (bicyclic) bond motifs is 1. The van der Waals surface area contributed by atoms with Crippen LogP contribution in [0, 0.1) is 0 Å². The van der Waals surface area contributed by atoms with Crippen LogP contribution in [0.2, 0.25) is 0 Å². The maximum atomic E-state index is 12.9. The molecule has 0 spiro atoms. The third kappa shape index (κ3) is 2.79. The van der Waals surface area contributed by atoms with Crippen LogP contribution in [0.5, 0.6) is 5.75 Å². The molecule has 0 radical (unpaired) electrons. The molecule has 1 aliphatic heterocycles. The summed E-state index contributed by atoms with van der Waals surface area (Å²) in [5.74, 6) is -1.70. The molecule has 2 rings (SSSR count). The summed E-state index contributed by atoms with van der Waals surface area (Å²) < 4.78 is 23.1. The van der Waals surface area contributed by atoms with Crippen LogP contribution in [-0.4, -0.2) is 37.0 Å². The molecule has 0 fully saturated rings. The number of amides is 1. The molecule has 0 aromatic heterocycles. The second-order valence-corrected chi connectivity index (χ2v) is 4.29. The van der Waals surface area contributed by atoms with E-state index in [1.807, 2.05) is 0 Å². The lowest BCUT2D eigenvalue weighted by molar-refractivity contribution is -0.129. The molecule has 1 aromatic rings. The molecule has 1 aliphatic rings. The third-order valence-electron chi connectivity index (χ3n) is 2.98. The second-order valence-electron chi connectivity index (χ2n) is 4.29. The van der Waals surface area contributed by atoms with E-state index in [1.165, 1.54) is 12.0 Å². The zero-order valence-corrected chi connectivity index (χ0v) is 11.0. The van der Waals surface area contributed by atoms with E-state index in [0.717, 1.165) is 0 Å². The van der Waals surface area contributed by atoms with E-state index in [1.54, 1.807) is 18.2 Å². The number of carbonyl (C=O) groups excluding carboxylic acids is 2. The standard InChI is InChI=1S/C14H14FNO4/c1-9(15)13(17)16-5-6-20-12-4-3-10(14(18)19-2)7-11(12)8-16/h3-4,7H,1,5-6,8H2,2H3. The monoisotopic (exact) mass is 279 g/mol. The van der Waals surface area contributed by atoms with Crippen molar-refractivity contribution in [3.05, 3.63) is 41.7 Å². The van der Waals surface area contributed by atoms with Gasteiger partial charge in [0.2, 0.25) is 0 Å². The summed E-state index contributed by atoms with van der Waals surface area (Å²) in [5, 5.41) is 0. The topological polar surface area (TPSA) is 55.8 Å². The van der Waals surface area contributed by atoms with Gasteiger partial charge in [-0.2, -0.15) is 0 Å². The van der Waals surface area contributed by atoms with Gasteiger partial charge < -0.3 is 14.4 Å². The average molecular weight is 279 g/mol. The maximum absolute atomic E-state index is 12.9. The maximum Gasteiger partial charge on any atom is 0.337 e. The van der Waals surface area contributed by atoms with Crippen LogP contribution in [0.3, 0.4) is 0 Å². The van der Waals surface area contributed by atoms with Gasteiger partial charge in [-0.1, -0.05) is 6.58 Å². The number of methoxy groups -OCH3 is 1. The van der Waals surface area contributed by atoms with Crippen LogP contribution in [-0.2, 0) is 16.1 Å². The molecule has 1 aromatic carbocycles. The van der Waals surface area contributed by atoms with Crippen molar-refractivity contribution in [1.29, 1.82) is 0 Å². The number of nitrogens with zero attached hydrogens (tertiary/aromatic N) is 1. The summed E-state index contributed by atoms with van der Waals surface area (Å²) in [7, 11) is 1.29. The van der Waals surface area contributed by atoms with Gasteiger partial charge in [0.15, 0.2) is 5.83 Å². The Morgan fingerprint density at radius 3 is 2.85 bits per heavy atom. The Bertz CT molecular complexity index is 570. The van der Waals surface area contributed by atoms with E-state index in [4.69, 9.17) is 4.74 Å². The van der Waals surface area contributed by atoms with Crippen molar-refractivity contribution in [2.24, 2.45) is 0 Å². The van der Waals surface area contributed by atoms with Crippen molar-refractivity contribution in [1.82, 2.24) is 4.90 Å². The molecule has 0 atom stereocenters. The van der Waals surface area contributed by atoms with Gasteiger partial charge in [0, 0.05) is 12.1 Å². The first-order valence-corrected chi connectivity index (χ1v) is 6.00. The van der Waals surface area contributed by atoms with Crippen molar-refractivity contribution < 1.29 is 23.5 Å². The highest BCUT2D eigenvalue weighted by Crippen LogP contribution is 2.25. The minimum absolute atomic E-state index is 0.155. The lowest BCUT2D eigenvalue weighted by Gasteiger charge is -2.18. The van der Waals surface area contributed by atoms with Crippen LogP contribution < -0.4 is 4.74 Å². The van der Waals surface area contributed by atoms with Crippen LogP contribution in [0.15, 0.2) is 30.6 Å². The zero-order valence-electron chi connectivity index (χ0n) is 11.0. The van der Waals surface area contributed by atoms with Crippen LogP contribution in [0.4, 0.5) is 4.39 Å². The molecule has 1 heterocycles. The highest BCUT2D eigenvalue weighted by atomic mass is 19.1. The Labute approximate surface area is 115 Å². The second kappa shape index (κ2) is 5.73. The summed E-state index contributed by atoms with van der Waals surface area (Å²) in [5.41, 5.74) is 0.975. The summed E-state index contributed by atoms with van der Waals surface area (Å²) in [6.07, 6.45) is 0.